The summed E-state index contributed by atoms with van der Waals surface area (Å²) in [5, 5.41) is 13.8. The molecule has 0 radical (unpaired) electrons. The van der Waals surface area contributed by atoms with Crippen molar-refractivity contribution in [2.45, 2.75) is 161 Å². The fourth-order valence-electron chi connectivity index (χ4n) is 4.45. The summed E-state index contributed by atoms with van der Waals surface area (Å²) in [5.74, 6) is -1.70. The molecule has 0 spiro atoms. The molecule has 194 valence electrons. The number of carbonyl (C=O) groups excluding carboxylic acids is 2. The zero-order valence-corrected chi connectivity index (χ0v) is 25.1. The number of rotatable bonds is 25. The van der Waals surface area contributed by atoms with E-state index < -0.39 is 17.4 Å². The molecule has 0 bridgehead atoms. The van der Waals surface area contributed by atoms with Gasteiger partial charge in [-0.3, -0.25) is 4.79 Å². The summed E-state index contributed by atoms with van der Waals surface area (Å²) in [7, 11) is 0. The average molecular weight is 488 g/mol. The van der Waals surface area contributed by atoms with Crippen LogP contribution in [0.15, 0.2) is 12.7 Å². The topological polar surface area (TPSA) is 69.2 Å². The molecule has 1 amide bonds. The molecule has 0 aliphatic heterocycles. The van der Waals surface area contributed by atoms with Crippen LogP contribution in [0.2, 0.25) is 0 Å². The van der Waals surface area contributed by atoms with Gasteiger partial charge in [0.05, 0.1) is 11.5 Å². The minimum absolute atomic E-state index is 0. The standard InChI is InChI=1S/C29H55NO3.Na/c1-4-6-7-8-9-10-11-12-13-14-15-16-17-18-19-20-21-22-23-24-25-26-29(3,28(32)33)30-27(31)5-2;/h5H,2,4,6-26H2,1,3H3,(H,30,31)(H,32,33);/q;+1/p-1. The largest absolute Gasteiger partial charge is 1.00 e. The molecule has 1 atom stereocenters. The molecule has 0 fully saturated rings. The third-order valence-electron chi connectivity index (χ3n) is 6.82. The second-order valence-corrected chi connectivity index (χ2v) is 10.1. The van der Waals surface area contributed by atoms with Gasteiger partial charge < -0.3 is 15.2 Å². The molecule has 0 heterocycles. The summed E-state index contributed by atoms with van der Waals surface area (Å²) < 4.78 is 0. The van der Waals surface area contributed by atoms with Gasteiger partial charge in [-0.2, -0.15) is 0 Å². The van der Waals surface area contributed by atoms with Crippen LogP contribution in [0.25, 0.3) is 0 Å². The van der Waals surface area contributed by atoms with Gasteiger partial charge in [0, 0.05) is 0 Å². The number of carboxylic acids is 1. The van der Waals surface area contributed by atoms with Gasteiger partial charge in [0.1, 0.15) is 0 Å². The molecule has 0 saturated carbocycles. The molecule has 0 saturated heterocycles. The minimum atomic E-state index is -1.31. The Morgan fingerprint density at radius 1 is 0.676 bits per heavy atom. The third kappa shape index (κ3) is 22.2. The number of aliphatic carboxylic acids is 1. The van der Waals surface area contributed by atoms with Crippen LogP contribution in [0.4, 0.5) is 0 Å². The normalized spacial score (nSPS) is 12.5. The maximum Gasteiger partial charge on any atom is 1.00 e. The van der Waals surface area contributed by atoms with Gasteiger partial charge in [0.25, 0.3) is 0 Å². The molecule has 0 aromatic carbocycles. The smallest absolute Gasteiger partial charge is 0.548 e. The molecule has 0 aliphatic carbocycles. The van der Waals surface area contributed by atoms with Crippen LogP contribution in [0.1, 0.15) is 155 Å². The first-order chi connectivity index (χ1) is 16.0. The van der Waals surface area contributed by atoms with Crippen LogP contribution >= 0.6 is 0 Å². The maximum absolute atomic E-state index is 11.4. The van der Waals surface area contributed by atoms with Gasteiger partial charge in [0.15, 0.2) is 0 Å². The first kappa shape index (κ1) is 35.8. The predicted octanol–water partition coefficient (Wildman–Crippen LogP) is 4.40. The predicted molar refractivity (Wildman–Crippen MR) is 139 cm³/mol. The van der Waals surface area contributed by atoms with Crippen molar-refractivity contribution in [3.8, 4) is 0 Å². The maximum atomic E-state index is 11.4. The fourth-order valence-corrected chi connectivity index (χ4v) is 4.45. The van der Waals surface area contributed by atoms with Gasteiger partial charge in [-0.1, -0.05) is 148 Å². The summed E-state index contributed by atoms with van der Waals surface area (Å²) >= 11 is 0. The zero-order valence-electron chi connectivity index (χ0n) is 23.1. The first-order valence-corrected chi connectivity index (χ1v) is 14.1. The van der Waals surface area contributed by atoms with Crippen molar-refractivity contribution in [2.24, 2.45) is 0 Å². The summed E-state index contributed by atoms with van der Waals surface area (Å²) in [4.78, 5) is 22.8. The Hall–Kier alpha value is -0.320. The van der Waals surface area contributed by atoms with Gasteiger partial charge in [-0.15, -0.1) is 0 Å². The van der Waals surface area contributed by atoms with Crippen molar-refractivity contribution in [3.05, 3.63) is 12.7 Å². The van der Waals surface area contributed by atoms with E-state index in [0.29, 0.717) is 6.42 Å². The average Bonchev–Trinajstić information content (AvgIpc) is 2.79. The van der Waals surface area contributed by atoms with Gasteiger partial charge in [0.2, 0.25) is 5.91 Å². The van der Waals surface area contributed by atoms with Crippen LogP contribution in [0, 0.1) is 0 Å². The second kappa shape index (κ2) is 25.8. The Morgan fingerprint density at radius 2 is 0.971 bits per heavy atom. The number of nitrogens with one attached hydrogen (secondary N) is 1. The minimum Gasteiger partial charge on any atom is -0.548 e. The Bertz CT molecular complexity index is 498. The number of hydrogen-bond donors (Lipinski definition) is 1. The van der Waals surface area contributed by atoms with E-state index >= 15 is 0 Å². The van der Waals surface area contributed by atoms with Crippen LogP contribution in [0.3, 0.4) is 0 Å². The summed E-state index contributed by atoms with van der Waals surface area (Å²) in [5.41, 5.74) is -1.31. The molecule has 34 heavy (non-hydrogen) atoms. The van der Waals surface area contributed by atoms with E-state index in [9.17, 15) is 14.7 Å². The molecule has 0 aromatic rings. The van der Waals surface area contributed by atoms with Gasteiger partial charge in [-0.05, 0) is 19.4 Å². The number of unbranched alkanes of at least 4 members (excludes halogenated alkanes) is 20. The third-order valence-corrected chi connectivity index (χ3v) is 6.82. The van der Waals surface area contributed by atoms with Crippen molar-refractivity contribution < 1.29 is 44.3 Å². The van der Waals surface area contributed by atoms with Crippen LogP contribution in [-0.2, 0) is 9.59 Å². The van der Waals surface area contributed by atoms with E-state index in [1.54, 1.807) is 0 Å². The first-order valence-electron chi connectivity index (χ1n) is 14.1. The Morgan fingerprint density at radius 3 is 1.24 bits per heavy atom. The molecule has 5 heteroatoms. The molecule has 4 nitrogen and oxygen atoms in total. The zero-order chi connectivity index (χ0) is 24.6. The van der Waals surface area contributed by atoms with E-state index in [-0.39, 0.29) is 29.6 Å². The molecule has 1 N–H and O–H groups in total. The molecular weight excluding hydrogens is 433 g/mol. The van der Waals surface area contributed by atoms with Crippen molar-refractivity contribution in [2.75, 3.05) is 0 Å². The van der Waals surface area contributed by atoms with Crippen molar-refractivity contribution in [1.29, 1.82) is 0 Å². The van der Waals surface area contributed by atoms with Crippen LogP contribution in [0.5, 0.6) is 0 Å². The van der Waals surface area contributed by atoms with E-state index in [4.69, 9.17) is 0 Å². The number of carboxylic acid groups (broad SMARTS) is 1. The van der Waals surface area contributed by atoms with Crippen LogP contribution in [-0.4, -0.2) is 17.4 Å². The SMILES string of the molecule is C=CC(=O)NC(C)(CCCCCCCCCCCCCCCCCCCCCCC)C(=O)[O-].[Na+]. The van der Waals surface area contributed by atoms with Crippen LogP contribution < -0.4 is 40.0 Å². The monoisotopic (exact) mass is 487 g/mol. The summed E-state index contributed by atoms with van der Waals surface area (Å²) in [6.07, 6.45) is 29.3. The van der Waals surface area contributed by atoms with Gasteiger partial charge >= 0.3 is 29.6 Å². The number of hydrogen-bond acceptors (Lipinski definition) is 3. The molecule has 0 aliphatic rings. The Balaban J connectivity index is 0. The molecular formula is C29H54NNaO3. The van der Waals surface area contributed by atoms with Crippen molar-refractivity contribution in [1.82, 2.24) is 5.32 Å². The Kier molecular flexibility index (Phi) is 27.2. The van der Waals surface area contributed by atoms with E-state index in [2.05, 4.69) is 18.8 Å². The molecule has 1 unspecified atom stereocenters. The van der Waals surface area contributed by atoms with Gasteiger partial charge in [-0.25, -0.2) is 0 Å². The quantitative estimate of drug-likeness (QED) is 0.118. The van der Waals surface area contributed by atoms with E-state index in [1.165, 1.54) is 122 Å². The van der Waals surface area contributed by atoms with E-state index in [0.717, 1.165) is 25.3 Å². The summed E-state index contributed by atoms with van der Waals surface area (Å²) in [6.45, 7) is 7.16. The fraction of sp³-hybridized carbons (Fsp3) is 0.862. The molecule has 0 aromatic heterocycles. The number of carbonyl (C=O) groups is 2. The molecule has 0 rings (SSSR count). The summed E-state index contributed by atoms with van der Waals surface area (Å²) in [6, 6.07) is 0. The van der Waals surface area contributed by atoms with Crippen molar-refractivity contribution >= 4 is 11.9 Å². The van der Waals surface area contributed by atoms with Crippen molar-refractivity contribution in [3.63, 3.8) is 0 Å². The van der Waals surface area contributed by atoms with E-state index in [1.807, 2.05) is 0 Å². The number of amides is 1. The second-order valence-electron chi connectivity index (χ2n) is 10.1. The Labute approximate surface area is 233 Å².